The number of fused-ring (bicyclic) bond motifs is 3. The fraction of sp³-hybridized carbons (Fsp3) is 0.667. The Morgan fingerprint density at radius 3 is 2.76 bits per heavy atom. The number of nitrogens with zero attached hydrogens (tertiary/aromatic N) is 1. The second-order valence-corrected chi connectivity index (χ2v) is 8.23. The summed E-state index contributed by atoms with van der Waals surface area (Å²) < 4.78 is 6.12. The quantitative estimate of drug-likeness (QED) is 0.406. The summed E-state index contributed by atoms with van der Waals surface area (Å²) in [5.74, 6) is 1.21. The van der Waals surface area contributed by atoms with Crippen LogP contribution in [0.15, 0.2) is 17.3 Å². The van der Waals surface area contributed by atoms with E-state index in [0.29, 0.717) is 11.5 Å². The number of ether oxygens (including phenoxy) is 1. The summed E-state index contributed by atoms with van der Waals surface area (Å²) >= 11 is 0. The van der Waals surface area contributed by atoms with Gasteiger partial charge in [-0.1, -0.05) is 51.6 Å². The van der Waals surface area contributed by atoms with Gasteiger partial charge in [-0.3, -0.25) is 0 Å². The van der Waals surface area contributed by atoms with E-state index in [1.165, 1.54) is 25.7 Å². The molecule has 0 aromatic heterocycles. The van der Waals surface area contributed by atoms with Crippen LogP contribution in [-0.4, -0.2) is 22.1 Å². The molecule has 3 rings (SSSR count). The van der Waals surface area contributed by atoms with Gasteiger partial charge in [-0.05, 0) is 48.8 Å². The molecule has 2 unspecified atom stereocenters. The van der Waals surface area contributed by atoms with Gasteiger partial charge in [0.05, 0.1) is 5.71 Å². The molecule has 1 aromatic rings. The van der Waals surface area contributed by atoms with E-state index in [2.05, 4.69) is 32.0 Å². The van der Waals surface area contributed by atoms with Crippen LogP contribution in [0.25, 0.3) is 0 Å². The lowest BCUT2D eigenvalue weighted by molar-refractivity contribution is 0.236. The van der Waals surface area contributed by atoms with Crippen molar-refractivity contribution in [3.05, 3.63) is 23.3 Å². The standard InChI is InChI=1S/C21H31NO3/c1-4-5-6-7-11-21(2,3)14-12-17(23)19-15-9-8-10-16(22-24)20(15)25-18(19)13-14/h12-13,15,20,23-24H,4-11H2,1-3H3. The van der Waals surface area contributed by atoms with Crippen LogP contribution in [0.3, 0.4) is 0 Å². The number of aromatic hydroxyl groups is 1. The Morgan fingerprint density at radius 1 is 1.24 bits per heavy atom. The van der Waals surface area contributed by atoms with Gasteiger partial charge in [0.25, 0.3) is 0 Å². The van der Waals surface area contributed by atoms with Gasteiger partial charge in [-0.15, -0.1) is 0 Å². The van der Waals surface area contributed by atoms with Gasteiger partial charge in [0.15, 0.2) is 0 Å². The van der Waals surface area contributed by atoms with Crippen molar-refractivity contribution in [3.63, 3.8) is 0 Å². The van der Waals surface area contributed by atoms with E-state index >= 15 is 0 Å². The van der Waals surface area contributed by atoms with Gasteiger partial charge < -0.3 is 15.1 Å². The van der Waals surface area contributed by atoms with Gasteiger partial charge in [0.1, 0.15) is 17.6 Å². The number of rotatable bonds is 6. The molecule has 0 amide bonds. The van der Waals surface area contributed by atoms with E-state index in [1.807, 2.05) is 6.07 Å². The third-order valence-electron chi connectivity index (χ3n) is 5.95. The molecular weight excluding hydrogens is 314 g/mol. The number of hydrogen-bond donors (Lipinski definition) is 2. The maximum atomic E-state index is 10.7. The van der Waals surface area contributed by atoms with Crippen molar-refractivity contribution in [2.45, 2.75) is 89.6 Å². The van der Waals surface area contributed by atoms with Gasteiger partial charge in [0.2, 0.25) is 0 Å². The van der Waals surface area contributed by atoms with Crippen molar-refractivity contribution in [3.8, 4) is 11.5 Å². The Morgan fingerprint density at radius 2 is 2.04 bits per heavy atom. The summed E-state index contributed by atoms with van der Waals surface area (Å²) in [4.78, 5) is 0. The normalized spacial score (nSPS) is 24.0. The monoisotopic (exact) mass is 345 g/mol. The van der Waals surface area contributed by atoms with E-state index in [-0.39, 0.29) is 17.4 Å². The third-order valence-corrected chi connectivity index (χ3v) is 5.95. The molecule has 25 heavy (non-hydrogen) atoms. The van der Waals surface area contributed by atoms with Gasteiger partial charge in [-0.2, -0.15) is 0 Å². The summed E-state index contributed by atoms with van der Waals surface area (Å²) in [6.45, 7) is 6.70. The maximum Gasteiger partial charge on any atom is 0.147 e. The first-order valence-corrected chi connectivity index (χ1v) is 9.72. The van der Waals surface area contributed by atoms with Crippen molar-refractivity contribution in [1.29, 1.82) is 0 Å². The van der Waals surface area contributed by atoms with Crippen molar-refractivity contribution in [2.24, 2.45) is 5.16 Å². The Kier molecular flexibility index (Phi) is 5.26. The van der Waals surface area contributed by atoms with E-state index in [4.69, 9.17) is 4.74 Å². The molecule has 4 nitrogen and oxygen atoms in total. The predicted molar refractivity (Wildman–Crippen MR) is 100 cm³/mol. The Hall–Kier alpha value is -1.71. The highest BCUT2D eigenvalue weighted by Gasteiger charge is 2.43. The first-order chi connectivity index (χ1) is 12.0. The van der Waals surface area contributed by atoms with Crippen LogP contribution in [0.4, 0.5) is 0 Å². The summed E-state index contributed by atoms with van der Waals surface area (Å²) in [5.41, 5.74) is 2.73. The molecule has 2 N–H and O–H groups in total. The van der Waals surface area contributed by atoms with Crippen LogP contribution in [-0.2, 0) is 5.41 Å². The smallest absolute Gasteiger partial charge is 0.147 e. The van der Waals surface area contributed by atoms with Crippen molar-refractivity contribution in [2.75, 3.05) is 0 Å². The molecule has 1 saturated carbocycles. The SMILES string of the molecule is CCCCCCC(C)(C)c1cc(O)c2c(c1)OC1C(=NO)CCCC21. The van der Waals surface area contributed by atoms with E-state index < -0.39 is 0 Å². The molecule has 0 bridgehead atoms. The zero-order chi connectivity index (χ0) is 18.0. The summed E-state index contributed by atoms with van der Waals surface area (Å²) in [6.07, 6.45) is 8.55. The lowest BCUT2D eigenvalue weighted by Gasteiger charge is -2.26. The molecule has 2 atom stereocenters. The van der Waals surface area contributed by atoms with Crippen LogP contribution in [0.2, 0.25) is 0 Å². The largest absolute Gasteiger partial charge is 0.508 e. The third kappa shape index (κ3) is 3.49. The van der Waals surface area contributed by atoms with Crippen LogP contribution < -0.4 is 4.74 Å². The van der Waals surface area contributed by atoms with Gasteiger partial charge in [0, 0.05) is 11.5 Å². The van der Waals surface area contributed by atoms with E-state index in [1.54, 1.807) is 0 Å². The van der Waals surface area contributed by atoms with Crippen LogP contribution in [0.5, 0.6) is 11.5 Å². The molecule has 1 aliphatic carbocycles. The molecule has 0 radical (unpaired) electrons. The lowest BCUT2D eigenvalue weighted by atomic mass is 9.77. The highest BCUT2D eigenvalue weighted by molar-refractivity contribution is 5.91. The van der Waals surface area contributed by atoms with Crippen LogP contribution in [0.1, 0.15) is 89.2 Å². The number of oxime groups is 1. The minimum absolute atomic E-state index is 0.00523. The van der Waals surface area contributed by atoms with Crippen LogP contribution in [0, 0.1) is 0 Å². The predicted octanol–water partition coefficient (Wildman–Crippen LogP) is 5.50. The summed E-state index contributed by atoms with van der Waals surface area (Å²) in [6, 6.07) is 4.02. The fourth-order valence-corrected chi connectivity index (χ4v) is 4.33. The highest BCUT2D eigenvalue weighted by Crippen LogP contribution is 2.50. The molecular formula is C21H31NO3. The molecule has 0 saturated heterocycles. The zero-order valence-electron chi connectivity index (χ0n) is 15.7. The van der Waals surface area contributed by atoms with E-state index in [9.17, 15) is 10.3 Å². The van der Waals surface area contributed by atoms with Gasteiger partial charge >= 0.3 is 0 Å². The molecule has 138 valence electrons. The van der Waals surface area contributed by atoms with Crippen LogP contribution >= 0.6 is 0 Å². The number of phenols is 1. The molecule has 4 heteroatoms. The number of phenolic OH excluding ortho intramolecular Hbond substituents is 1. The molecule has 2 aliphatic rings. The number of unbranched alkanes of at least 4 members (excludes halogenated alkanes) is 3. The first-order valence-electron chi connectivity index (χ1n) is 9.72. The average molecular weight is 345 g/mol. The zero-order valence-corrected chi connectivity index (χ0v) is 15.7. The molecule has 1 aliphatic heterocycles. The maximum absolute atomic E-state index is 10.7. The second-order valence-electron chi connectivity index (χ2n) is 8.23. The summed E-state index contributed by atoms with van der Waals surface area (Å²) in [7, 11) is 0. The first kappa shape index (κ1) is 18.1. The average Bonchev–Trinajstić information content (AvgIpc) is 2.97. The fourth-order valence-electron chi connectivity index (χ4n) is 4.33. The molecule has 1 aromatic carbocycles. The van der Waals surface area contributed by atoms with Gasteiger partial charge in [-0.25, -0.2) is 0 Å². The van der Waals surface area contributed by atoms with Crippen molar-refractivity contribution >= 4 is 5.71 Å². The minimum Gasteiger partial charge on any atom is -0.508 e. The Bertz CT molecular complexity index is 651. The van der Waals surface area contributed by atoms with E-state index in [0.717, 1.165) is 42.6 Å². The number of hydrogen-bond acceptors (Lipinski definition) is 4. The molecule has 1 heterocycles. The minimum atomic E-state index is -0.220. The van der Waals surface area contributed by atoms with Crippen molar-refractivity contribution < 1.29 is 15.1 Å². The topological polar surface area (TPSA) is 62.0 Å². The highest BCUT2D eigenvalue weighted by atomic mass is 16.5. The Balaban J connectivity index is 1.84. The van der Waals surface area contributed by atoms with Crippen molar-refractivity contribution in [1.82, 2.24) is 0 Å². The molecule has 1 fully saturated rings. The Labute approximate surface area is 150 Å². The lowest BCUT2D eigenvalue weighted by Crippen LogP contribution is -2.32. The summed E-state index contributed by atoms with van der Waals surface area (Å²) in [5, 5.41) is 23.4. The number of benzene rings is 1. The second kappa shape index (κ2) is 7.27. The molecule has 0 spiro atoms.